The second-order valence-corrected chi connectivity index (χ2v) is 8.84. The number of amides is 1. The van der Waals surface area contributed by atoms with E-state index in [0.717, 1.165) is 11.4 Å². The van der Waals surface area contributed by atoms with Crippen molar-refractivity contribution in [1.82, 2.24) is 10.5 Å². The topological polar surface area (TPSA) is 58.4 Å². The minimum Gasteiger partial charge on any atom is -0.360 e. The second kappa shape index (κ2) is 7.94. The van der Waals surface area contributed by atoms with Crippen molar-refractivity contribution in [2.75, 3.05) is 11.9 Å². The number of nitrogens with zero attached hydrogens (tertiary/aromatic N) is 2. The van der Waals surface area contributed by atoms with Crippen molar-refractivity contribution in [3.05, 3.63) is 82.2 Å². The van der Waals surface area contributed by atoms with Gasteiger partial charge in [-0.25, -0.2) is 0 Å². The first-order valence-electron chi connectivity index (χ1n) is 9.83. The molecule has 0 saturated carbocycles. The summed E-state index contributed by atoms with van der Waals surface area (Å²) in [5, 5.41) is 7.35. The molecule has 1 aromatic heterocycles. The van der Waals surface area contributed by atoms with Gasteiger partial charge in [-0.1, -0.05) is 79.2 Å². The number of aryl methyl sites for hydroxylation is 1. The summed E-state index contributed by atoms with van der Waals surface area (Å²) < 4.78 is 5.30. The molecule has 158 valence electrons. The van der Waals surface area contributed by atoms with Crippen LogP contribution >= 0.6 is 23.8 Å². The van der Waals surface area contributed by atoms with Crippen LogP contribution in [0.25, 0.3) is 11.3 Å². The fourth-order valence-corrected chi connectivity index (χ4v) is 4.50. The van der Waals surface area contributed by atoms with Crippen molar-refractivity contribution in [3.8, 4) is 11.3 Å². The Morgan fingerprint density at radius 3 is 2.58 bits per heavy atom. The van der Waals surface area contributed by atoms with Crippen molar-refractivity contribution < 1.29 is 9.32 Å². The summed E-state index contributed by atoms with van der Waals surface area (Å²) in [7, 11) is 2.00. The number of halogens is 1. The van der Waals surface area contributed by atoms with E-state index in [1.165, 1.54) is 5.56 Å². The van der Waals surface area contributed by atoms with Crippen molar-refractivity contribution in [3.63, 3.8) is 0 Å². The molecule has 0 saturated heterocycles. The molecular formula is C24H22ClN3O2S. The van der Waals surface area contributed by atoms with Gasteiger partial charge in [-0.2, -0.15) is 0 Å². The van der Waals surface area contributed by atoms with Crippen LogP contribution < -0.4 is 10.2 Å². The van der Waals surface area contributed by atoms with Gasteiger partial charge in [-0.15, -0.1) is 0 Å². The molecular weight excluding hydrogens is 430 g/mol. The maximum absolute atomic E-state index is 13.1. The van der Waals surface area contributed by atoms with Crippen LogP contribution in [0.2, 0.25) is 5.02 Å². The van der Waals surface area contributed by atoms with Crippen molar-refractivity contribution in [2.45, 2.75) is 26.2 Å². The maximum Gasteiger partial charge on any atom is 0.262 e. The summed E-state index contributed by atoms with van der Waals surface area (Å²) in [6.07, 6.45) is 1.84. The van der Waals surface area contributed by atoms with E-state index in [-0.39, 0.29) is 11.3 Å². The van der Waals surface area contributed by atoms with Gasteiger partial charge in [-0.05, 0) is 30.7 Å². The molecule has 0 atom stereocenters. The van der Waals surface area contributed by atoms with Gasteiger partial charge in [0.15, 0.2) is 0 Å². The number of aromatic nitrogens is 1. The lowest BCUT2D eigenvalue weighted by Gasteiger charge is -2.24. The lowest BCUT2D eigenvalue weighted by Crippen LogP contribution is -2.31. The number of para-hydroxylation sites is 1. The molecule has 4 rings (SSSR count). The number of rotatable bonds is 3. The largest absolute Gasteiger partial charge is 0.360 e. The summed E-state index contributed by atoms with van der Waals surface area (Å²) in [6, 6.07) is 15.4. The number of nitrogens with one attached hydrogen (secondary N) is 1. The molecule has 1 aliphatic rings. The summed E-state index contributed by atoms with van der Waals surface area (Å²) in [4.78, 5) is 15.5. The predicted octanol–water partition coefficient (Wildman–Crippen LogP) is 5.67. The number of benzene rings is 2. The first kappa shape index (κ1) is 21.3. The van der Waals surface area contributed by atoms with Gasteiger partial charge in [0.1, 0.15) is 22.0 Å². The zero-order valence-electron chi connectivity index (χ0n) is 17.7. The fraction of sp³-hybridized carbons (Fsp3) is 0.208. The molecule has 0 radical (unpaired) electrons. The van der Waals surface area contributed by atoms with Crippen LogP contribution in [-0.4, -0.2) is 23.1 Å². The number of allylic oxidation sites excluding steroid dienone is 1. The van der Waals surface area contributed by atoms with E-state index in [1.54, 1.807) is 19.1 Å². The molecule has 7 heteroatoms. The Balaban J connectivity index is 1.62. The molecule has 0 fully saturated rings. The number of fused-ring (bicyclic) bond motifs is 1. The number of likely N-dealkylation sites (N-methyl/N-ethyl adjacent to an activating group) is 1. The number of carbonyl (C=O) groups excluding carboxylic acids is 1. The number of thiocarbonyl (C=S) groups is 1. The number of anilines is 1. The van der Waals surface area contributed by atoms with Crippen LogP contribution in [0.5, 0.6) is 0 Å². The van der Waals surface area contributed by atoms with Crippen molar-refractivity contribution in [2.24, 2.45) is 0 Å². The minimum absolute atomic E-state index is 0.240. The van der Waals surface area contributed by atoms with Crippen LogP contribution in [0.3, 0.4) is 0 Å². The summed E-state index contributed by atoms with van der Waals surface area (Å²) in [5.74, 6) is 0.0140. The minimum atomic E-state index is -0.383. The maximum atomic E-state index is 13.1. The Morgan fingerprint density at radius 1 is 1.19 bits per heavy atom. The Morgan fingerprint density at radius 2 is 1.87 bits per heavy atom. The monoisotopic (exact) mass is 451 g/mol. The van der Waals surface area contributed by atoms with Crippen LogP contribution in [0.4, 0.5) is 5.69 Å². The van der Waals surface area contributed by atoms with Gasteiger partial charge in [0.25, 0.3) is 5.91 Å². The third-order valence-electron chi connectivity index (χ3n) is 5.66. The average molecular weight is 452 g/mol. The van der Waals surface area contributed by atoms with Gasteiger partial charge in [-0.3, -0.25) is 4.79 Å². The van der Waals surface area contributed by atoms with Crippen LogP contribution in [0, 0.1) is 6.92 Å². The molecule has 0 bridgehead atoms. The van der Waals surface area contributed by atoms with Gasteiger partial charge in [0, 0.05) is 29.4 Å². The lowest BCUT2D eigenvalue weighted by molar-refractivity contribution is 0.0977. The third-order valence-corrected chi connectivity index (χ3v) is 6.21. The SMILES string of the molecule is Cc1onc(-c2ccccc2Cl)c1C(=O)NC(=S)/C=C1/N(C)c2ccccc2C1(C)C. The summed E-state index contributed by atoms with van der Waals surface area (Å²) >= 11 is 11.8. The Kier molecular flexibility index (Phi) is 5.45. The highest BCUT2D eigenvalue weighted by Crippen LogP contribution is 2.46. The van der Waals surface area contributed by atoms with Crippen molar-refractivity contribution >= 4 is 40.4 Å². The quantitative estimate of drug-likeness (QED) is 0.410. The van der Waals surface area contributed by atoms with Gasteiger partial charge in [0.05, 0.1) is 5.02 Å². The molecule has 5 nitrogen and oxygen atoms in total. The zero-order valence-corrected chi connectivity index (χ0v) is 19.3. The number of carbonyl (C=O) groups is 1. The Bertz CT molecular complexity index is 1230. The summed E-state index contributed by atoms with van der Waals surface area (Å²) in [6.45, 7) is 5.98. The molecule has 1 N–H and O–H groups in total. The molecule has 1 amide bonds. The highest BCUT2D eigenvalue weighted by Gasteiger charge is 2.38. The van der Waals surface area contributed by atoms with E-state index >= 15 is 0 Å². The number of hydrogen-bond donors (Lipinski definition) is 1. The number of hydrogen-bond acceptors (Lipinski definition) is 5. The average Bonchev–Trinajstić information content (AvgIpc) is 3.20. The fourth-order valence-electron chi connectivity index (χ4n) is 4.07. The molecule has 2 heterocycles. The third kappa shape index (κ3) is 3.66. The van der Waals surface area contributed by atoms with E-state index in [4.69, 9.17) is 28.3 Å². The highest BCUT2D eigenvalue weighted by atomic mass is 35.5. The second-order valence-electron chi connectivity index (χ2n) is 7.99. The first-order valence-corrected chi connectivity index (χ1v) is 10.6. The lowest BCUT2D eigenvalue weighted by atomic mass is 9.84. The van der Waals surface area contributed by atoms with Crippen LogP contribution in [0.15, 0.2) is 64.8 Å². The van der Waals surface area contributed by atoms with Crippen LogP contribution in [-0.2, 0) is 5.41 Å². The zero-order chi connectivity index (χ0) is 22.3. The molecule has 31 heavy (non-hydrogen) atoms. The van der Waals surface area contributed by atoms with Gasteiger partial charge in [0.2, 0.25) is 0 Å². The molecule has 0 spiro atoms. The van der Waals surface area contributed by atoms with E-state index in [0.29, 0.717) is 32.6 Å². The van der Waals surface area contributed by atoms with Crippen molar-refractivity contribution in [1.29, 1.82) is 0 Å². The smallest absolute Gasteiger partial charge is 0.262 e. The molecule has 0 aliphatic carbocycles. The van der Waals surface area contributed by atoms with E-state index in [9.17, 15) is 4.79 Å². The van der Waals surface area contributed by atoms with E-state index < -0.39 is 0 Å². The predicted molar refractivity (Wildman–Crippen MR) is 128 cm³/mol. The molecule has 2 aromatic carbocycles. The molecule has 1 aliphatic heterocycles. The van der Waals surface area contributed by atoms with E-state index in [1.807, 2.05) is 37.4 Å². The Hall–Kier alpha value is -2.96. The highest BCUT2D eigenvalue weighted by molar-refractivity contribution is 7.80. The Labute approximate surface area is 191 Å². The van der Waals surface area contributed by atoms with Gasteiger partial charge >= 0.3 is 0 Å². The summed E-state index contributed by atoms with van der Waals surface area (Å²) in [5.41, 5.74) is 4.45. The standard InChI is InChI=1S/C24H22ClN3O2S/c1-14-21(22(27-30-14)15-9-5-7-11-17(15)25)23(29)26-20(31)13-19-24(2,3)16-10-6-8-12-18(16)28(19)4/h5-13H,1-4H3,(H,26,29,31)/b19-13+. The normalized spacial score (nSPS) is 15.8. The molecule has 3 aromatic rings. The molecule has 0 unspecified atom stereocenters. The van der Waals surface area contributed by atoms with Gasteiger partial charge < -0.3 is 14.7 Å². The van der Waals surface area contributed by atoms with E-state index in [2.05, 4.69) is 41.4 Å². The van der Waals surface area contributed by atoms with Crippen LogP contribution in [0.1, 0.15) is 35.5 Å². The first-order chi connectivity index (χ1) is 14.7.